The summed E-state index contributed by atoms with van der Waals surface area (Å²) in [4.78, 5) is 0. The molecule has 0 aliphatic rings. The monoisotopic (exact) mass is 266 g/mol. The first-order chi connectivity index (χ1) is 9.31. The van der Waals surface area contributed by atoms with Gasteiger partial charge in [0.15, 0.2) is 0 Å². The summed E-state index contributed by atoms with van der Waals surface area (Å²) in [5.41, 5.74) is 0. The summed E-state index contributed by atoms with van der Waals surface area (Å²) in [5, 5.41) is 17.5. The van der Waals surface area contributed by atoms with Crippen LogP contribution in [0.4, 0.5) is 0 Å². The lowest BCUT2D eigenvalue weighted by atomic mass is 10.1. The lowest BCUT2D eigenvalue weighted by molar-refractivity contribution is 0.0385. The molecule has 0 saturated heterocycles. The van der Waals surface area contributed by atoms with Crippen molar-refractivity contribution in [1.82, 2.24) is 0 Å². The van der Waals surface area contributed by atoms with E-state index in [1.165, 1.54) is 38.4 Å². The van der Waals surface area contributed by atoms with Crippen LogP contribution in [0.3, 0.4) is 0 Å². The van der Waals surface area contributed by atoms with Crippen LogP contribution in [-0.2, 0) is 4.74 Å². The molecule has 0 amide bonds. The lowest BCUT2D eigenvalue weighted by Crippen LogP contribution is -2.17. The summed E-state index contributed by atoms with van der Waals surface area (Å²) in [6.45, 7) is 2.01. The molecule has 0 fully saturated rings. The maximum atomic E-state index is 8.98. The minimum atomic E-state index is -0.829. The Hall–Kier alpha value is -1.24. The molecule has 0 saturated carbocycles. The minimum Gasteiger partial charge on any atom is -0.498 e. The van der Waals surface area contributed by atoms with Crippen LogP contribution >= 0.6 is 0 Å². The van der Waals surface area contributed by atoms with Crippen LogP contribution in [0, 0.1) is 11.8 Å². The molecule has 0 radical (unpaired) electrons. The van der Waals surface area contributed by atoms with Crippen molar-refractivity contribution in [1.29, 1.82) is 0 Å². The molecule has 3 heteroatoms. The van der Waals surface area contributed by atoms with Gasteiger partial charge in [-0.2, -0.15) is 0 Å². The Morgan fingerprint density at radius 1 is 1.11 bits per heavy atom. The number of aliphatic hydroxyl groups is 2. The Morgan fingerprint density at radius 3 is 2.58 bits per heavy atom. The van der Waals surface area contributed by atoms with Crippen molar-refractivity contribution in [3.63, 3.8) is 0 Å². The Kier molecular flexibility index (Phi) is 13.9. The molecule has 108 valence electrons. The number of hydrogen-bond acceptors (Lipinski definition) is 3. The van der Waals surface area contributed by atoms with Gasteiger partial charge in [0.2, 0.25) is 0 Å². The standard InChI is InChI=1S/C16H26O3/c1-2-3-4-5-6-7-8-9-10-11-12-13-19-15-16(18)14-17/h8-9,12-13,16-18H,2-7,14-15H2,1H3/b9-8-,13-12-/t16-/m0/s1. The summed E-state index contributed by atoms with van der Waals surface area (Å²) in [6.07, 6.45) is 13.7. The molecule has 0 heterocycles. The molecule has 0 aromatic rings. The van der Waals surface area contributed by atoms with Crippen LogP contribution in [0.25, 0.3) is 0 Å². The molecule has 0 aromatic heterocycles. The fraction of sp³-hybridized carbons (Fsp3) is 0.625. The lowest BCUT2D eigenvalue weighted by Gasteiger charge is -2.04. The molecule has 0 aliphatic carbocycles. The Balaban J connectivity index is 3.44. The van der Waals surface area contributed by atoms with Gasteiger partial charge in [-0.15, -0.1) is 0 Å². The van der Waals surface area contributed by atoms with Crippen LogP contribution in [-0.4, -0.2) is 29.5 Å². The SMILES string of the molecule is CCCCCCC/C=C\C#C/C=C\OC[C@@H](O)CO. The zero-order valence-corrected chi connectivity index (χ0v) is 11.8. The van der Waals surface area contributed by atoms with Gasteiger partial charge in [-0.3, -0.25) is 0 Å². The van der Waals surface area contributed by atoms with Crippen LogP contribution in [0.5, 0.6) is 0 Å². The molecule has 0 aromatic carbocycles. The van der Waals surface area contributed by atoms with Gasteiger partial charge in [-0.25, -0.2) is 0 Å². The van der Waals surface area contributed by atoms with E-state index in [4.69, 9.17) is 14.9 Å². The van der Waals surface area contributed by atoms with Gasteiger partial charge in [-0.05, 0) is 18.9 Å². The highest BCUT2D eigenvalue weighted by Crippen LogP contribution is 2.04. The zero-order chi connectivity index (χ0) is 14.2. The number of allylic oxidation sites excluding steroid dienone is 3. The second kappa shape index (κ2) is 14.8. The van der Waals surface area contributed by atoms with Gasteiger partial charge < -0.3 is 14.9 Å². The summed E-state index contributed by atoms with van der Waals surface area (Å²) < 4.78 is 4.95. The van der Waals surface area contributed by atoms with Gasteiger partial charge >= 0.3 is 0 Å². The van der Waals surface area contributed by atoms with E-state index in [1.807, 2.05) is 6.08 Å². The van der Waals surface area contributed by atoms with Gasteiger partial charge in [0.25, 0.3) is 0 Å². The van der Waals surface area contributed by atoms with E-state index in [9.17, 15) is 0 Å². The van der Waals surface area contributed by atoms with Gasteiger partial charge in [-0.1, -0.05) is 50.5 Å². The maximum absolute atomic E-state index is 8.98. The highest BCUT2D eigenvalue weighted by Gasteiger charge is 1.98. The smallest absolute Gasteiger partial charge is 0.115 e. The Labute approximate surface area is 117 Å². The first kappa shape index (κ1) is 17.8. The van der Waals surface area contributed by atoms with Crippen LogP contribution in [0.2, 0.25) is 0 Å². The minimum absolute atomic E-state index is 0.0856. The van der Waals surface area contributed by atoms with E-state index in [0.717, 1.165) is 6.42 Å². The van der Waals surface area contributed by atoms with Crippen molar-refractivity contribution in [3.8, 4) is 11.8 Å². The van der Waals surface area contributed by atoms with E-state index < -0.39 is 6.10 Å². The number of hydrogen-bond donors (Lipinski definition) is 2. The maximum Gasteiger partial charge on any atom is 0.115 e. The van der Waals surface area contributed by atoms with E-state index >= 15 is 0 Å². The van der Waals surface area contributed by atoms with E-state index in [0.29, 0.717) is 0 Å². The molecule has 0 rings (SSSR count). The third-order valence-electron chi connectivity index (χ3n) is 2.51. The Morgan fingerprint density at radius 2 is 1.84 bits per heavy atom. The molecule has 0 bridgehead atoms. The van der Waals surface area contributed by atoms with Crippen molar-refractivity contribution < 1.29 is 14.9 Å². The summed E-state index contributed by atoms with van der Waals surface area (Å²) in [6, 6.07) is 0. The fourth-order valence-electron chi connectivity index (χ4n) is 1.41. The summed E-state index contributed by atoms with van der Waals surface area (Å²) >= 11 is 0. The van der Waals surface area contributed by atoms with Crippen LogP contribution < -0.4 is 0 Å². The average molecular weight is 266 g/mol. The summed E-state index contributed by atoms with van der Waals surface area (Å²) in [5.74, 6) is 5.68. The highest BCUT2D eigenvalue weighted by atomic mass is 16.5. The average Bonchev–Trinajstić information content (AvgIpc) is 2.43. The van der Waals surface area contributed by atoms with E-state index in [-0.39, 0.29) is 13.2 Å². The first-order valence-electron chi connectivity index (χ1n) is 7.02. The predicted molar refractivity (Wildman–Crippen MR) is 78.5 cm³/mol. The number of ether oxygens (including phenoxy) is 1. The van der Waals surface area contributed by atoms with Crippen molar-refractivity contribution in [2.75, 3.05) is 13.2 Å². The van der Waals surface area contributed by atoms with Crippen molar-refractivity contribution in [2.45, 2.75) is 51.6 Å². The van der Waals surface area contributed by atoms with Crippen molar-refractivity contribution >= 4 is 0 Å². The van der Waals surface area contributed by atoms with Crippen LogP contribution in [0.15, 0.2) is 24.5 Å². The molecule has 0 aliphatic heterocycles. The Bertz CT molecular complexity index is 297. The molecular formula is C16H26O3. The highest BCUT2D eigenvalue weighted by molar-refractivity contribution is 5.22. The van der Waals surface area contributed by atoms with Gasteiger partial charge in [0.1, 0.15) is 12.7 Å². The molecule has 1 atom stereocenters. The van der Waals surface area contributed by atoms with E-state index in [2.05, 4.69) is 24.8 Å². The quantitative estimate of drug-likeness (QED) is 0.363. The molecular weight excluding hydrogens is 240 g/mol. The predicted octanol–water partition coefficient (Wildman–Crippen LogP) is 2.79. The second-order valence-corrected chi connectivity index (χ2v) is 4.37. The molecule has 3 nitrogen and oxygen atoms in total. The molecule has 0 unspecified atom stereocenters. The van der Waals surface area contributed by atoms with Gasteiger partial charge in [0.05, 0.1) is 12.9 Å². The van der Waals surface area contributed by atoms with Crippen molar-refractivity contribution in [3.05, 3.63) is 24.5 Å². The van der Waals surface area contributed by atoms with Crippen LogP contribution in [0.1, 0.15) is 45.4 Å². The third-order valence-corrected chi connectivity index (χ3v) is 2.51. The molecule has 19 heavy (non-hydrogen) atoms. The summed E-state index contributed by atoms with van der Waals surface area (Å²) in [7, 11) is 0. The third kappa shape index (κ3) is 14.7. The van der Waals surface area contributed by atoms with E-state index in [1.54, 1.807) is 6.08 Å². The normalized spacial score (nSPS) is 12.6. The fourth-order valence-corrected chi connectivity index (χ4v) is 1.41. The number of aliphatic hydroxyl groups excluding tert-OH is 2. The second-order valence-electron chi connectivity index (χ2n) is 4.37. The topological polar surface area (TPSA) is 49.7 Å². The molecule has 0 spiro atoms. The van der Waals surface area contributed by atoms with Gasteiger partial charge in [0, 0.05) is 6.08 Å². The van der Waals surface area contributed by atoms with Crippen molar-refractivity contribution in [2.24, 2.45) is 0 Å². The largest absolute Gasteiger partial charge is 0.498 e. The molecule has 2 N–H and O–H groups in total. The number of unbranched alkanes of at least 4 members (excludes halogenated alkanes) is 5. The first-order valence-corrected chi connectivity index (χ1v) is 7.02. The number of rotatable bonds is 10. The zero-order valence-electron chi connectivity index (χ0n) is 11.8.